The lowest BCUT2D eigenvalue weighted by Crippen LogP contribution is -1.98. The minimum Gasteiger partial charge on any atom is -0.477 e. The molecule has 0 amide bonds. The Labute approximate surface area is 87.0 Å². The highest BCUT2D eigenvalue weighted by atomic mass is 16.4. The van der Waals surface area contributed by atoms with Crippen molar-refractivity contribution in [2.45, 2.75) is 13.8 Å². The van der Waals surface area contributed by atoms with Gasteiger partial charge in [0.1, 0.15) is 5.69 Å². The number of hydrogen-bond acceptors (Lipinski definition) is 1. The minimum absolute atomic E-state index is 0.254. The maximum absolute atomic E-state index is 10.8. The average molecular weight is 204 g/mol. The summed E-state index contributed by atoms with van der Waals surface area (Å²) >= 11 is 0. The Morgan fingerprint density at radius 3 is 2.53 bits per heavy atom. The smallest absolute Gasteiger partial charge is 0.352 e. The number of aromatic nitrogens is 2. The predicted molar refractivity (Wildman–Crippen MR) is 57.0 cm³/mol. The molecule has 0 bridgehead atoms. The first-order valence-corrected chi connectivity index (χ1v) is 4.66. The molecular formula is C11H12N2O2. The summed E-state index contributed by atoms with van der Waals surface area (Å²) in [6, 6.07) is 3.81. The van der Waals surface area contributed by atoms with E-state index in [-0.39, 0.29) is 5.69 Å². The normalized spacial score (nSPS) is 10.5. The molecule has 15 heavy (non-hydrogen) atoms. The molecule has 0 saturated heterocycles. The first-order chi connectivity index (χ1) is 7.08. The van der Waals surface area contributed by atoms with Crippen LogP contribution in [0, 0.1) is 13.8 Å². The van der Waals surface area contributed by atoms with Crippen LogP contribution in [0.3, 0.4) is 0 Å². The molecule has 0 aliphatic carbocycles. The monoisotopic (exact) mass is 204 g/mol. The summed E-state index contributed by atoms with van der Waals surface area (Å²) < 4.78 is 0. The van der Waals surface area contributed by atoms with Gasteiger partial charge in [-0.3, -0.25) is 0 Å². The molecule has 0 saturated carbocycles. The fraction of sp³-hybridized carbons (Fsp3) is 0.182. The summed E-state index contributed by atoms with van der Waals surface area (Å²) in [6.45, 7) is 3.74. The van der Waals surface area contributed by atoms with Gasteiger partial charge < -0.3 is 15.1 Å². The van der Waals surface area contributed by atoms with E-state index in [2.05, 4.69) is 9.97 Å². The molecule has 3 N–H and O–H groups in total. The lowest BCUT2D eigenvalue weighted by atomic mass is 10.2. The lowest BCUT2D eigenvalue weighted by Gasteiger charge is -1.91. The average Bonchev–Trinajstić information content (AvgIpc) is 2.71. The van der Waals surface area contributed by atoms with Crippen LogP contribution in [0.2, 0.25) is 0 Å². The van der Waals surface area contributed by atoms with Gasteiger partial charge in [0, 0.05) is 23.1 Å². The summed E-state index contributed by atoms with van der Waals surface area (Å²) in [5.41, 5.74) is 3.85. The number of aryl methyl sites for hydroxylation is 2. The standard InChI is InChI=1S/C11H12N2O2/c1-6-3-9(13-10(6)11(14)15)8-4-7(2)12-5-8/h3-5,12-13H,1-2H3,(H,14,15). The van der Waals surface area contributed by atoms with Crippen molar-refractivity contribution in [2.24, 2.45) is 0 Å². The van der Waals surface area contributed by atoms with Crippen LogP contribution in [0.25, 0.3) is 11.3 Å². The van der Waals surface area contributed by atoms with Crippen LogP contribution in [-0.2, 0) is 0 Å². The molecule has 0 radical (unpaired) electrons. The third-order valence-corrected chi connectivity index (χ3v) is 2.37. The van der Waals surface area contributed by atoms with Crippen LogP contribution in [0.15, 0.2) is 18.3 Å². The summed E-state index contributed by atoms with van der Waals surface area (Å²) in [5, 5.41) is 8.89. The summed E-state index contributed by atoms with van der Waals surface area (Å²) in [7, 11) is 0. The highest BCUT2D eigenvalue weighted by Gasteiger charge is 2.12. The first-order valence-electron chi connectivity index (χ1n) is 4.66. The van der Waals surface area contributed by atoms with Gasteiger partial charge in [0.05, 0.1) is 0 Å². The fourth-order valence-corrected chi connectivity index (χ4v) is 1.60. The number of carboxylic acid groups (broad SMARTS) is 1. The number of hydrogen-bond donors (Lipinski definition) is 3. The van der Waals surface area contributed by atoms with Crippen molar-refractivity contribution >= 4 is 5.97 Å². The Morgan fingerprint density at radius 2 is 2.07 bits per heavy atom. The summed E-state index contributed by atoms with van der Waals surface area (Å²) in [5.74, 6) is -0.925. The van der Waals surface area contributed by atoms with E-state index in [0.717, 1.165) is 22.5 Å². The molecule has 2 aromatic rings. The molecule has 0 aliphatic rings. The van der Waals surface area contributed by atoms with Crippen LogP contribution in [0.1, 0.15) is 21.7 Å². The van der Waals surface area contributed by atoms with Gasteiger partial charge in [-0.05, 0) is 31.5 Å². The van der Waals surface area contributed by atoms with Gasteiger partial charge in [-0.2, -0.15) is 0 Å². The summed E-state index contributed by atoms with van der Waals surface area (Å²) in [6.07, 6.45) is 1.85. The molecule has 0 spiro atoms. The van der Waals surface area contributed by atoms with Crippen LogP contribution in [0.5, 0.6) is 0 Å². The lowest BCUT2D eigenvalue weighted by molar-refractivity contribution is 0.0690. The largest absolute Gasteiger partial charge is 0.477 e. The topological polar surface area (TPSA) is 68.9 Å². The van der Waals surface area contributed by atoms with Gasteiger partial charge in [0.15, 0.2) is 0 Å². The molecule has 4 heteroatoms. The van der Waals surface area contributed by atoms with E-state index in [1.54, 1.807) is 6.92 Å². The van der Waals surface area contributed by atoms with Gasteiger partial charge in [-0.1, -0.05) is 0 Å². The maximum Gasteiger partial charge on any atom is 0.352 e. The fourth-order valence-electron chi connectivity index (χ4n) is 1.60. The molecule has 0 unspecified atom stereocenters. The van der Waals surface area contributed by atoms with Gasteiger partial charge in [-0.15, -0.1) is 0 Å². The minimum atomic E-state index is -0.925. The molecule has 0 aliphatic heterocycles. The second-order valence-electron chi connectivity index (χ2n) is 3.62. The Kier molecular flexibility index (Phi) is 2.11. The number of carbonyl (C=O) groups is 1. The Morgan fingerprint density at radius 1 is 1.33 bits per heavy atom. The van der Waals surface area contributed by atoms with Crippen molar-refractivity contribution in [3.63, 3.8) is 0 Å². The zero-order valence-corrected chi connectivity index (χ0v) is 8.59. The molecule has 0 atom stereocenters. The Balaban J connectivity index is 2.46. The van der Waals surface area contributed by atoms with E-state index in [0.29, 0.717) is 0 Å². The quantitative estimate of drug-likeness (QED) is 0.702. The highest BCUT2D eigenvalue weighted by molar-refractivity contribution is 5.88. The van der Waals surface area contributed by atoms with Gasteiger partial charge in [0.2, 0.25) is 0 Å². The van der Waals surface area contributed by atoms with E-state index in [4.69, 9.17) is 5.11 Å². The Hall–Kier alpha value is -1.97. The van der Waals surface area contributed by atoms with Crippen molar-refractivity contribution in [3.8, 4) is 11.3 Å². The molecule has 2 rings (SSSR count). The first kappa shape index (κ1) is 9.58. The SMILES string of the molecule is Cc1cc(-c2cc(C)c(C(=O)O)[nH]2)c[nH]1. The zero-order chi connectivity index (χ0) is 11.0. The molecule has 4 nitrogen and oxygen atoms in total. The van der Waals surface area contributed by atoms with E-state index in [9.17, 15) is 4.79 Å². The molecule has 2 heterocycles. The number of H-pyrrole nitrogens is 2. The van der Waals surface area contributed by atoms with Crippen LogP contribution >= 0.6 is 0 Å². The number of carboxylic acids is 1. The van der Waals surface area contributed by atoms with E-state index < -0.39 is 5.97 Å². The van der Waals surface area contributed by atoms with Gasteiger partial charge in [0.25, 0.3) is 0 Å². The molecular weight excluding hydrogens is 192 g/mol. The van der Waals surface area contributed by atoms with Crippen molar-refractivity contribution in [1.82, 2.24) is 9.97 Å². The second kappa shape index (κ2) is 3.31. The second-order valence-corrected chi connectivity index (χ2v) is 3.62. The third kappa shape index (κ3) is 1.66. The number of aromatic amines is 2. The van der Waals surface area contributed by atoms with Crippen molar-refractivity contribution in [3.05, 3.63) is 35.3 Å². The Bertz CT molecular complexity index is 508. The molecule has 2 aromatic heterocycles. The maximum atomic E-state index is 10.8. The van der Waals surface area contributed by atoms with Crippen LogP contribution < -0.4 is 0 Å². The third-order valence-electron chi connectivity index (χ3n) is 2.37. The number of aromatic carboxylic acids is 1. The van der Waals surface area contributed by atoms with E-state index >= 15 is 0 Å². The highest BCUT2D eigenvalue weighted by Crippen LogP contribution is 2.22. The van der Waals surface area contributed by atoms with E-state index in [1.165, 1.54) is 0 Å². The number of rotatable bonds is 2. The molecule has 78 valence electrons. The van der Waals surface area contributed by atoms with Crippen LogP contribution in [0.4, 0.5) is 0 Å². The van der Waals surface area contributed by atoms with Crippen molar-refractivity contribution < 1.29 is 9.90 Å². The molecule has 0 aromatic carbocycles. The summed E-state index contributed by atoms with van der Waals surface area (Å²) in [4.78, 5) is 16.8. The predicted octanol–water partition coefficient (Wildman–Crippen LogP) is 2.32. The molecule has 0 fully saturated rings. The van der Waals surface area contributed by atoms with Crippen LogP contribution in [-0.4, -0.2) is 21.0 Å². The number of nitrogens with one attached hydrogen (secondary N) is 2. The van der Waals surface area contributed by atoms with Gasteiger partial charge in [-0.25, -0.2) is 4.79 Å². The van der Waals surface area contributed by atoms with E-state index in [1.807, 2.05) is 25.3 Å². The van der Waals surface area contributed by atoms with Gasteiger partial charge >= 0.3 is 5.97 Å². The van der Waals surface area contributed by atoms with Crippen molar-refractivity contribution in [1.29, 1.82) is 0 Å². The zero-order valence-electron chi connectivity index (χ0n) is 8.59. The van der Waals surface area contributed by atoms with Crippen molar-refractivity contribution in [2.75, 3.05) is 0 Å².